The molecule has 0 unspecified atom stereocenters. The smallest absolute Gasteiger partial charge is 0.162 e. The lowest BCUT2D eigenvalue weighted by molar-refractivity contribution is -0.207. The van der Waals surface area contributed by atoms with Gasteiger partial charge in [0.1, 0.15) is 0 Å². The van der Waals surface area contributed by atoms with E-state index in [0.29, 0.717) is 0 Å². The molecule has 0 amide bonds. The van der Waals surface area contributed by atoms with Gasteiger partial charge in [0, 0.05) is 23.5 Å². The molecule has 70 valence electrons. The molecule has 0 rings (SSSR count). The van der Waals surface area contributed by atoms with Crippen molar-refractivity contribution < 1.29 is 9.47 Å². The van der Waals surface area contributed by atoms with Crippen LogP contribution in [0, 0.1) is 0 Å². The average molecular weight is 194 g/mol. The van der Waals surface area contributed by atoms with Crippen LogP contribution >= 0.6 is 0 Å². The van der Waals surface area contributed by atoms with E-state index in [0.717, 1.165) is 29.5 Å². The Labute approximate surface area is 77.1 Å². The van der Waals surface area contributed by atoms with E-state index < -0.39 is 0 Å². The van der Waals surface area contributed by atoms with Crippen LogP contribution in [0.5, 0.6) is 0 Å². The van der Waals surface area contributed by atoms with Crippen LogP contribution in [-0.2, 0) is 9.47 Å². The molecule has 0 spiro atoms. The maximum absolute atomic E-state index is 5.43. The summed E-state index contributed by atoms with van der Waals surface area (Å²) >= 11 is 0. The van der Waals surface area contributed by atoms with Crippen LogP contribution in [0.3, 0.4) is 0 Å². The van der Waals surface area contributed by atoms with E-state index in [2.05, 4.69) is 0 Å². The summed E-state index contributed by atoms with van der Waals surface area (Å²) in [7, 11) is 1.13. The largest absolute Gasteiger partial charge is 0.351 e. The van der Waals surface area contributed by atoms with Gasteiger partial charge >= 0.3 is 0 Å². The van der Waals surface area contributed by atoms with Crippen LogP contribution in [0.1, 0.15) is 20.8 Å². The third-order valence-electron chi connectivity index (χ3n) is 1.54. The van der Waals surface area contributed by atoms with Gasteiger partial charge < -0.3 is 9.47 Å². The molecule has 0 radical (unpaired) electrons. The Bertz CT molecular complexity index is 82.5. The molecule has 0 aromatic carbocycles. The maximum Gasteiger partial charge on any atom is 0.162 e. The fraction of sp³-hybridized carbons (Fsp3) is 1.00. The fourth-order valence-corrected chi connectivity index (χ4v) is 1.26. The molecule has 2 nitrogen and oxygen atoms in total. The zero-order chi connectivity index (χ0) is 8.04. The molecule has 4 heteroatoms. The van der Waals surface area contributed by atoms with Gasteiger partial charge in [-0.05, 0) is 37.8 Å². The molecule has 11 heavy (non-hydrogen) atoms. The molecule has 0 aromatic heterocycles. The summed E-state index contributed by atoms with van der Waals surface area (Å²) < 4.78 is 10.9. The van der Waals surface area contributed by atoms with Crippen molar-refractivity contribution in [2.75, 3.05) is 13.2 Å². The van der Waals surface area contributed by atoms with Crippen molar-refractivity contribution in [2.45, 2.75) is 32.6 Å². The number of ether oxygens (including phenoxy) is 2. The molecule has 0 heterocycles. The number of rotatable bonds is 5. The van der Waals surface area contributed by atoms with Crippen molar-refractivity contribution >= 4 is 21.2 Å². The Hall–Kier alpha value is 0.354. The number of hydrogen-bond acceptors (Lipinski definition) is 2. The summed E-state index contributed by atoms with van der Waals surface area (Å²) in [6.45, 7) is 7.47. The minimum Gasteiger partial charge on any atom is -0.351 e. The monoisotopic (exact) mass is 194 g/mol. The normalized spacial score (nSPS) is 11.2. The van der Waals surface area contributed by atoms with Crippen LogP contribution in [0.2, 0.25) is 6.04 Å². The van der Waals surface area contributed by atoms with Crippen LogP contribution in [-0.4, -0.2) is 40.2 Å². The van der Waals surface area contributed by atoms with E-state index in [1.54, 1.807) is 0 Å². The molecule has 0 saturated carbocycles. The first kappa shape index (κ1) is 13.9. The first-order chi connectivity index (χ1) is 4.68. The molecule has 0 N–H and O–H groups in total. The summed E-state index contributed by atoms with van der Waals surface area (Å²) in [4.78, 5) is 0. The van der Waals surface area contributed by atoms with E-state index in [1.165, 1.54) is 0 Å². The lowest BCUT2D eigenvalue weighted by Gasteiger charge is -2.27. The van der Waals surface area contributed by atoms with Gasteiger partial charge in [0.25, 0.3) is 0 Å². The van der Waals surface area contributed by atoms with Gasteiger partial charge in [-0.1, -0.05) is 0 Å². The maximum atomic E-state index is 5.43. The van der Waals surface area contributed by atoms with E-state index in [9.17, 15) is 0 Å². The lowest BCUT2D eigenvalue weighted by Crippen LogP contribution is -2.31. The van der Waals surface area contributed by atoms with E-state index >= 15 is 0 Å². The number of hydrogen-bond donors (Lipinski definition) is 0. The third-order valence-corrected chi connectivity index (χ3v) is 2.83. The van der Waals surface area contributed by atoms with Gasteiger partial charge in [-0.15, -0.1) is 0 Å². The highest BCUT2D eigenvalue weighted by atomic mass is 28.1. The molecule has 0 aliphatic heterocycles. The zero-order valence-corrected chi connectivity index (χ0v) is 9.44. The summed E-state index contributed by atoms with van der Waals surface area (Å²) in [5.41, 5.74) is 0. The summed E-state index contributed by atoms with van der Waals surface area (Å²) in [5, 5.41) is 0. The molecular weight excluding hydrogens is 172 g/mol. The Morgan fingerprint density at radius 1 is 1.18 bits per heavy atom. The second-order valence-corrected chi connectivity index (χ2v) is 3.06. The fourth-order valence-electron chi connectivity index (χ4n) is 0.856. The van der Waals surface area contributed by atoms with Crippen molar-refractivity contribution in [1.29, 1.82) is 0 Å². The summed E-state index contributed by atoms with van der Waals surface area (Å²) in [6, 6.07) is 1.04. The molecule has 0 aromatic rings. The molecule has 0 saturated heterocycles. The zero-order valence-electron chi connectivity index (χ0n) is 7.44. The topological polar surface area (TPSA) is 18.5 Å². The molecule has 0 aliphatic carbocycles. The molecule has 0 fully saturated rings. The van der Waals surface area contributed by atoms with Crippen LogP contribution < -0.4 is 0 Å². The Kier molecular flexibility index (Phi) is 8.89. The quantitative estimate of drug-likeness (QED) is 0.417. The predicted molar refractivity (Wildman–Crippen MR) is 57.7 cm³/mol. The minimum absolute atomic E-state index is 0. The van der Waals surface area contributed by atoms with E-state index in [4.69, 9.17) is 9.47 Å². The highest BCUT2D eigenvalue weighted by Crippen LogP contribution is 2.15. The van der Waals surface area contributed by atoms with Crippen LogP contribution in [0.15, 0.2) is 0 Å². The SMILES string of the molecule is CCOC(C)(C[SiH3])OCC.[SiH4]. The molecule has 0 aliphatic rings. The van der Waals surface area contributed by atoms with Gasteiger partial charge in [-0.3, -0.25) is 0 Å². The standard InChI is InChI=1S/C7H18O2Si.H4Si/c1-4-8-7(3,6-10)9-5-2;/h4-6H2,1-3,10H3;1H4. The van der Waals surface area contributed by atoms with Crippen LogP contribution in [0.25, 0.3) is 0 Å². The highest BCUT2D eigenvalue weighted by molar-refractivity contribution is 6.09. The van der Waals surface area contributed by atoms with E-state index in [1.807, 2.05) is 20.8 Å². The summed E-state index contributed by atoms with van der Waals surface area (Å²) in [6.07, 6.45) is 0. The van der Waals surface area contributed by atoms with Gasteiger partial charge in [0.15, 0.2) is 5.79 Å². The summed E-state index contributed by atoms with van der Waals surface area (Å²) in [5.74, 6) is -0.296. The first-order valence-electron chi connectivity index (χ1n) is 3.96. The van der Waals surface area contributed by atoms with Gasteiger partial charge in [0.2, 0.25) is 0 Å². The second-order valence-electron chi connectivity index (χ2n) is 2.35. The molecular formula is C7H22O2Si2. The van der Waals surface area contributed by atoms with Crippen LogP contribution in [0.4, 0.5) is 0 Å². The highest BCUT2D eigenvalue weighted by Gasteiger charge is 2.20. The first-order valence-corrected chi connectivity index (χ1v) is 5.37. The Balaban J connectivity index is 0. The lowest BCUT2D eigenvalue weighted by atomic mass is 10.4. The average Bonchev–Trinajstić information content (AvgIpc) is 1.89. The predicted octanol–water partition coefficient (Wildman–Crippen LogP) is -0.892. The van der Waals surface area contributed by atoms with E-state index in [-0.39, 0.29) is 16.8 Å². The van der Waals surface area contributed by atoms with Crippen molar-refractivity contribution in [3.8, 4) is 0 Å². The van der Waals surface area contributed by atoms with Crippen molar-refractivity contribution in [3.05, 3.63) is 0 Å². The molecule has 0 bridgehead atoms. The minimum atomic E-state index is -0.296. The Morgan fingerprint density at radius 2 is 1.55 bits per heavy atom. The van der Waals surface area contributed by atoms with Crippen molar-refractivity contribution in [3.63, 3.8) is 0 Å². The van der Waals surface area contributed by atoms with Gasteiger partial charge in [-0.2, -0.15) is 0 Å². The van der Waals surface area contributed by atoms with Gasteiger partial charge in [0.05, 0.1) is 0 Å². The van der Waals surface area contributed by atoms with Crippen molar-refractivity contribution in [1.82, 2.24) is 0 Å². The molecule has 0 atom stereocenters. The van der Waals surface area contributed by atoms with Gasteiger partial charge in [-0.25, -0.2) is 0 Å². The second kappa shape index (κ2) is 7.03. The van der Waals surface area contributed by atoms with Crippen molar-refractivity contribution in [2.24, 2.45) is 0 Å². The third kappa shape index (κ3) is 5.61. The Morgan fingerprint density at radius 3 is 1.73 bits per heavy atom.